The summed E-state index contributed by atoms with van der Waals surface area (Å²) in [6, 6.07) is 0. The number of rotatable bonds is 5. The van der Waals surface area contributed by atoms with Crippen LogP contribution in [0.5, 0.6) is 0 Å². The molecule has 0 rings (SSSR count). The monoisotopic (exact) mass is 131 g/mol. The number of aliphatic hydroxyl groups excluding tert-OH is 1. The minimum Gasteiger partial charge on any atom is -0.395 e. The van der Waals surface area contributed by atoms with Gasteiger partial charge < -0.3 is 9.94 Å². The summed E-state index contributed by atoms with van der Waals surface area (Å²) in [4.78, 5) is 4.83. The van der Waals surface area contributed by atoms with Gasteiger partial charge in [-0.05, 0) is 0 Å². The average Bonchev–Trinajstić information content (AvgIpc) is 1.88. The van der Waals surface area contributed by atoms with Crippen LogP contribution < -0.4 is 0 Å². The van der Waals surface area contributed by atoms with E-state index in [1.807, 2.05) is 0 Å². The third kappa shape index (κ3) is 4.14. The first-order valence-electron chi connectivity index (χ1n) is 2.86. The molecule has 0 amide bonds. The Labute approximate surface area is 55.5 Å². The number of hydroxylamine groups is 2. The lowest BCUT2D eigenvalue weighted by molar-refractivity contribution is -0.128. The molecule has 3 heteroatoms. The molecule has 0 aromatic carbocycles. The van der Waals surface area contributed by atoms with Crippen molar-refractivity contribution in [3.05, 3.63) is 12.7 Å². The zero-order chi connectivity index (χ0) is 7.11. The first-order valence-corrected chi connectivity index (χ1v) is 2.86. The molecule has 0 saturated heterocycles. The van der Waals surface area contributed by atoms with E-state index in [1.165, 1.54) is 0 Å². The van der Waals surface area contributed by atoms with E-state index < -0.39 is 0 Å². The van der Waals surface area contributed by atoms with Gasteiger partial charge in [-0.15, -0.1) is 6.58 Å². The highest BCUT2D eigenvalue weighted by atomic mass is 16.7. The van der Waals surface area contributed by atoms with Gasteiger partial charge in [-0.3, -0.25) is 0 Å². The van der Waals surface area contributed by atoms with E-state index in [9.17, 15) is 0 Å². The van der Waals surface area contributed by atoms with Crippen LogP contribution in [0.25, 0.3) is 0 Å². The molecule has 0 heterocycles. The van der Waals surface area contributed by atoms with Gasteiger partial charge in [0.1, 0.15) is 0 Å². The van der Waals surface area contributed by atoms with Gasteiger partial charge in [0.2, 0.25) is 0 Å². The summed E-state index contributed by atoms with van der Waals surface area (Å²) in [6.07, 6.45) is 1.72. The van der Waals surface area contributed by atoms with Crippen molar-refractivity contribution >= 4 is 0 Å². The van der Waals surface area contributed by atoms with E-state index in [1.54, 1.807) is 18.2 Å². The molecule has 54 valence electrons. The first-order chi connectivity index (χ1) is 4.35. The Morgan fingerprint density at radius 3 is 2.78 bits per heavy atom. The second kappa shape index (κ2) is 5.75. The Bertz CT molecular complexity index is 75.5. The van der Waals surface area contributed by atoms with Crippen molar-refractivity contribution in [3.63, 3.8) is 0 Å². The van der Waals surface area contributed by atoms with Crippen molar-refractivity contribution in [1.82, 2.24) is 5.06 Å². The highest BCUT2D eigenvalue weighted by molar-refractivity contribution is 4.68. The van der Waals surface area contributed by atoms with Crippen molar-refractivity contribution in [2.24, 2.45) is 0 Å². The Kier molecular flexibility index (Phi) is 5.51. The second-order valence-corrected chi connectivity index (χ2v) is 1.58. The fourth-order valence-corrected chi connectivity index (χ4v) is 0.513. The maximum Gasteiger partial charge on any atom is 0.0582 e. The van der Waals surface area contributed by atoms with Gasteiger partial charge in [-0.25, -0.2) is 0 Å². The maximum atomic E-state index is 8.44. The Hall–Kier alpha value is -0.380. The van der Waals surface area contributed by atoms with Crippen molar-refractivity contribution in [1.29, 1.82) is 0 Å². The number of nitrogens with zero attached hydrogens (tertiary/aromatic N) is 1. The molecule has 0 aromatic rings. The van der Waals surface area contributed by atoms with E-state index in [0.717, 1.165) is 0 Å². The number of hydrogen-bond donors (Lipinski definition) is 1. The zero-order valence-electron chi connectivity index (χ0n) is 5.71. The van der Waals surface area contributed by atoms with Crippen LogP contribution in [0.2, 0.25) is 0 Å². The SMILES string of the molecule is C=CCN(CCO)OC. The third-order valence-corrected chi connectivity index (χ3v) is 0.940. The van der Waals surface area contributed by atoms with Crippen LogP contribution in [-0.4, -0.2) is 37.0 Å². The van der Waals surface area contributed by atoms with Gasteiger partial charge in [-0.1, -0.05) is 6.08 Å². The largest absolute Gasteiger partial charge is 0.395 e. The first kappa shape index (κ1) is 8.62. The maximum absolute atomic E-state index is 8.44. The molecule has 3 nitrogen and oxygen atoms in total. The number of hydrogen-bond acceptors (Lipinski definition) is 3. The fraction of sp³-hybridized carbons (Fsp3) is 0.667. The Morgan fingerprint density at radius 1 is 1.78 bits per heavy atom. The van der Waals surface area contributed by atoms with Crippen LogP contribution in [0, 0.1) is 0 Å². The quantitative estimate of drug-likeness (QED) is 0.422. The van der Waals surface area contributed by atoms with Crippen molar-refractivity contribution in [3.8, 4) is 0 Å². The summed E-state index contributed by atoms with van der Waals surface area (Å²) >= 11 is 0. The molecule has 0 atom stereocenters. The summed E-state index contributed by atoms with van der Waals surface area (Å²) in [5.74, 6) is 0. The van der Waals surface area contributed by atoms with E-state index in [4.69, 9.17) is 9.94 Å². The molecule has 0 fully saturated rings. The predicted molar refractivity (Wildman–Crippen MR) is 35.9 cm³/mol. The minimum atomic E-state index is 0.113. The van der Waals surface area contributed by atoms with Gasteiger partial charge in [0.05, 0.1) is 13.7 Å². The predicted octanol–water partition coefficient (Wildman–Crippen LogP) is 0.0281. The highest BCUT2D eigenvalue weighted by Crippen LogP contribution is 1.85. The molecule has 0 unspecified atom stereocenters. The average molecular weight is 131 g/mol. The molecule has 0 saturated carbocycles. The summed E-state index contributed by atoms with van der Waals surface area (Å²) < 4.78 is 0. The third-order valence-electron chi connectivity index (χ3n) is 0.940. The standard InChI is InChI=1S/C6H13NO2/c1-3-4-7(9-2)5-6-8/h3,8H,1,4-6H2,2H3. The topological polar surface area (TPSA) is 32.7 Å². The van der Waals surface area contributed by atoms with E-state index >= 15 is 0 Å². The van der Waals surface area contributed by atoms with E-state index in [2.05, 4.69) is 6.58 Å². The summed E-state index contributed by atoms with van der Waals surface area (Å²) in [5.41, 5.74) is 0. The number of aliphatic hydroxyl groups is 1. The van der Waals surface area contributed by atoms with Crippen molar-refractivity contribution in [2.45, 2.75) is 0 Å². The van der Waals surface area contributed by atoms with Crippen LogP contribution in [0.4, 0.5) is 0 Å². The zero-order valence-corrected chi connectivity index (χ0v) is 5.71. The molecular weight excluding hydrogens is 118 g/mol. The van der Waals surface area contributed by atoms with Gasteiger partial charge in [0.25, 0.3) is 0 Å². The fourth-order valence-electron chi connectivity index (χ4n) is 0.513. The van der Waals surface area contributed by atoms with Gasteiger partial charge in [-0.2, -0.15) is 5.06 Å². The second-order valence-electron chi connectivity index (χ2n) is 1.58. The molecule has 0 aliphatic rings. The molecule has 0 bridgehead atoms. The summed E-state index contributed by atoms with van der Waals surface area (Å²) in [6.45, 7) is 4.82. The normalized spacial score (nSPS) is 10.1. The van der Waals surface area contributed by atoms with E-state index in [-0.39, 0.29) is 6.61 Å². The molecule has 0 radical (unpaired) electrons. The summed E-state index contributed by atoms with van der Waals surface area (Å²) in [7, 11) is 1.57. The molecule has 0 spiro atoms. The van der Waals surface area contributed by atoms with Crippen LogP contribution in [0.15, 0.2) is 12.7 Å². The van der Waals surface area contributed by atoms with Crippen LogP contribution in [0.3, 0.4) is 0 Å². The highest BCUT2D eigenvalue weighted by Gasteiger charge is 1.96. The van der Waals surface area contributed by atoms with Crippen molar-refractivity contribution in [2.75, 3.05) is 26.8 Å². The summed E-state index contributed by atoms with van der Waals surface area (Å²) in [5, 5.41) is 10.1. The van der Waals surface area contributed by atoms with Gasteiger partial charge >= 0.3 is 0 Å². The molecule has 0 aliphatic heterocycles. The smallest absolute Gasteiger partial charge is 0.0582 e. The lowest BCUT2D eigenvalue weighted by Crippen LogP contribution is -2.25. The van der Waals surface area contributed by atoms with Crippen molar-refractivity contribution < 1.29 is 9.94 Å². The van der Waals surface area contributed by atoms with Crippen LogP contribution >= 0.6 is 0 Å². The van der Waals surface area contributed by atoms with Crippen LogP contribution in [-0.2, 0) is 4.84 Å². The lowest BCUT2D eigenvalue weighted by Gasteiger charge is -2.14. The molecule has 1 N–H and O–H groups in total. The molecule has 0 aromatic heterocycles. The Balaban J connectivity index is 3.28. The van der Waals surface area contributed by atoms with Gasteiger partial charge in [0, 0.05) is 13.1 Å². The van der Waals surface area contributed by atoms with Gasteiger partial charge in [0.15, 0.2) is 0 Å². The molecular formula is C6H13NO2. The van der Waals surface area contributed by atoms with E-state index in [0.29, 0.717) is 13.1 Å². The Morgan fingerprint density at radius 2 is 2.44 bits per heavy atom. The lowest BCUT2D eigenvalue weighted by atomic mass is 10.6. The molecule has 9 heavy (non-hydrogen) atoms. The molecule has 0 aliphatic carbocycles. The van der Waals surface area contributed by atoms with Crippen LogP contribution in [0.1, 0.15) is 0 Å². The minimum absolute atomic E-state index is 0.113.